The molecule has 0 heterocycles. The van der Waals surface area contributed by atoms with Crippen molar-refractivity contribution in [1.82, 2.24) is 0 Å². The molecule has 0 amide bonds. The summed E-state index contributed by atoms with van der Waals surface area (Å²) in [5, 5.41) is 3.14. The number of nitrogens with two attached hydrogens (primary N) is 1. The molecule has 0 unspecified atom stereocenters. The molecule has 0 radical (unpaired) electrons. The standard InChI is InChI=1S/C20H27N3O2/c1-15-10-16(2)12-18(11-15)23-20(21)22-14-17-6-4-7-19(13-17)25-9-5-8-24-3/h4,6-7,10-13H,5,8-9,14H2,1-3H3,(H3,21,22,23). The second kappa shape index (κ2) is 9.69. The zero-order valence-corrected chi connectivity index (χ0v) is 15.2. The van der Waals surface area contributed by atoms with Crippen LogP contribution < -0.4 is 15.8 Å². The topological polar surface area (TPSA) is 68.9 Å². The second-order valence-electron chi connectivity index (χ2n) is 6.05. The maximum absolute atomic E-state index is 6.00. The van der Waals surface area contributed by atoms with Crippen LogP contribution in [0, 0.1) is 13.8 Å². The van der Waals surface area contributed by atoms with E-state index in [1.807, 2.05) is 36.4 Å². The summed E-state index contributed by atoms with van der Waals surface area (Å²) in [4.78, 5) is 4.41. The van der Waals surface area contributed by atoms with E-state index in [-0.39, 0.29) is 0 Å². The zero-order chi connectivity index (χ0) is 18.1. The molecule has 2 rings (SSSR count). The average molecular weight is 341 g/mol. The van der Waals surface area contributed by atoms with E-state index in [4.69, 9.17) is 15.2 Å². The molecule has 0 aliphatic carbocycles. The maximum Gasteiger partial charge on any atom is 0.193 e. The monoisotopic (exact) mass is 341 g/mol. The number of guanidine groups is 1. The van der Waals surface area contributed by atoms with Gasteiger partial charge >= 0.3 is 0 Å². The molecule has 25 heavy (non-hydrogen) atoms. The summed E-state index contributed by atoms with van der Waals surface area (Å²) in [5.74, 6) is 1.24. The minimum atomic E-state index is 0.399. The van der Waals surface area contributed by atoms with Crippen molar-refractivity contribution in [1.29, 1.82) is 0 Å². The molecule has 3 N–H and O–H groups in total. The highest BCUT2D eigenvalue weighted by molar-refractivity contribution is 5.92. The molecular formula is C20H27N3O2. The van der Waals surface area contributed by atoms with Gasteiger partial charge in [-0.05, 0) is 54.8 Å². The van der Waals surface area contributed by atoms with Crippen molar-refractivity contribution in [3.8, 4) is 5.75 Å². The van der Waals surface area contributed by atoms with E-state index in [1.54, 1.807) is 7.11 Å². The van der Waals surface area contributed by atoms with Gasteiger partial charge in [-0.1, -0.05) is 18.2 Å². The number of benzene rings is 2. The number of nitrogens with zero attached hydrogens (tertiary/aromatic N) is 1. The fourth-order valence-electron chi connectivity index (χ4n) is 2.54. The number of aryl methyl sites for hydroxylation is 2. The molecule has 134 valence electrons. The number of anilines is 1. The van der Waals surface area contributed by atoms with Crippen molar-refractivity contribution >= 4 is 11.6 Å². The highest BCUT2D eigenvalue weighted by Gasteiger charge is 2.00. The van der Waals surface area contributed by atoms with E-state index in [0.29, 0.717) is 25.7 Å². The fraction of sp³-hybridized carbons (Fsp3) is 0.350. The third-order valence-electron chi connectivity index (χ3n) is 3.59. The lowest BCUT2D eigenvalue weighted by Gasteiger charge is -2.09. The van der Waals surface area contributed by atoms with Crippen LogP contribution in [0.5, 0.6) is 5.75 Å². The molecule has 2 aromatic carbocycles. The normalized spacial score (nSPS) is 11.4. The number of ether oxygens (including phenoxy) is 2. The Labute approximate surface area is 149 Å². The highest BCUT2D eigenvalue weighted by Crippen LogP contribution is 2.15. The second-order valence-corrected chi connectivity index (χ2v) is 6.05. The molecule has 0 spiro atoms. The molecule has 0 saturated heterocycles. The summed E-state index contributed by atoms with van der Waals surface area (Å²) < 4.78 is 10.7. The first-order valence-electron chi connectivity index (χ1n) is 8.43. The number of methoxy groups -OCH3 is 1. The Morgan fingerprint density at radius 3 is 2.56 bits per heavy atom. The summed E-state index contributed by atoms with van der Waals surface area (Å²) in [5.41, 5.74) is 10.4. The predicted octanol–water partition coefficient (Wildman–Crippen LogP) is 3.65. The third-order valence-corrected chi connectivity index (χ3v) is 3.59. The SMILES string of the molecule is COCCCOc1cccc(CN=C(N)Nc2cc(C)cc(C)c2)c1. The zero-order valence-electron chi connectivity index (χ0n) is 15.2. The molecule has 0 aliphatic heterocycles. The molecule has 0 saturated carbocycles. The van der Waals surface area contributed by atoms with E-state index >= 15 is 0 Å². The molecule has 2 aromatic rings. The lowest BCUT2D eigenvalue weighted by molar-refractivity contribution is 0.172. The highest BCUT2D eigenvalue weighted by atomic mass is 16.5. The van der Waals surface area contributed by atoms with E-state index < -0.39 is 0 Å². The Hall–Kier alpha value is -2.53. The molecule has 5 nitrogen and oxygen atoms in total. The van der Waals surface area contributed by atoms with E-state index in [2.05, 4.69) is 30.2 Å². The number of aliphatic imine (C=N–C) groups is 1. The summed E-state index contributed by atoms with van der Waals surface area (Å²) in [6.07, 6.45) is 0.867. The van der Waals surface area contributed by atoms with Crippen LogP contribution >= 0.6 is 0 Å². The van der Waals surface area contributed by atoms with Crippen LogP contribution in [0.3, 0.4) is 0 Å². The van der Waals surface area contributed by atoms with Gasteiger partial charge in [0.2, 0.25) is 0 Å². The van der Waals surface area contributed by atoms with Gasteiger partial charge < -0.3 is 20.5 Å². The van der Waals surface area contributed by atoms with Crippen molar-refractivity contribution in [3.05, 3.63) is 59.2 Å². The number of rotatable bonds is 8. The lowest BCUT2D eigenvalue weighted by Crippen LogP contribution is -2.22. The fourth-order valence-corrected chi connectivity index (χ4v) is 2.54. The number of hydrogen-bond acceptors (Lipinski definition) is 3. The minimum absolute atomic E-state index is 0.399. The summed E-state index contributed by atoms with van der Waals surface area (Å²) in [6.45, 7) is 5.95. The van der Waals surface area contributed by atoms with Crippen molar-refractivity contribution in [2.24, 2.45) is 10.7 Å². The van der Waals surface area contributed by atoms with Crippen molar-refractivity contribution in [2.75, 3.05) is 25.6 Å². The Morgan fingerprint density at radius 1 is 1.08 bits per heavy atom. The summed E-state index contributed by atoms with van der Waals surface area (Å²) >= 11 is 0. The van der Waals surface area contributed by atoms with Gasteiger partial charge in [0, 0.05) is 25.8 Å². The quantitative estimate of drug-likeness (QED) is 0.437. The summed E-state index contributed by atoms with van der Waals surface area (Å²) in [6, 6.07) is 14.1. The Morgan fingerprint density at radius 2 is 1.84 bits per heavy atom. The van der Waals surface area contributed by atoms with E-state index in [9.17, 15) is 0 Å². The molecule has 0 aliphatic rings. The molecular weight excluding hydrogens is 314 g/mol. The maximum atomic E-state index is 6.00. The summed E-state index contributed by atoms with van der Waals surface area (Å²) in [7, 11) is 1.69. The van der Waals surface area contributed by atoms with Gasteiger partial charge in [-0.15, -0.1) is 0 Å². The average Bonchev–Trinajstić information content (AvgIpc) is 2.56. The van der Waals surface area contributed by atoms with Crippen LogP contribution in [0.25, 0.3) is 0 Å². The van der Waals surface area contributed by atoms with Crippen LogP contribution in [0.1, 0.15) is 23.1 Å². The van der Waals surface area contributed by atoms with Crippen LogP contribution in [0.4, 0.5) is 5.69 Å². The smallest absolute Gasteiger partial charge is 0.193 e. The van der Waals surface area contributed by atoms with Gasteiger partial charge in [-0.3, -0.25) is 0 Å². The predicted molar refractivity (Wildman–Crippen MR) is 103 cm³/mol. The Balaban J connectivity index is 1.91. The molecule has 0 aromatic heterocycles. The first-order valence-corrected chi connectivity index (χ1v) is 8.43. The first kappa shape index (κ1) is 18.8. The van der Waals surface area contributed by atoms with E-state index in [1.165, 1.54) is 11.1 Å². The lowest BCUT2D eigenvalue weighted by atomic mass is 10.1. The van der Waals surface area contributed by atoms with Crippen LogP contribution in [0.15, 0.2) is 47.5 Å². The van der Waals surface area contributed by atoms with Gasteiger partial charge in [-0.25, -0.2) is 4.99 Å². The first-order chi connectivity index (χ1) is 12.1. The van der Waals surface area contributed by atoms with Crippen LogP contribution in [0.2, 0.25) is 0 Å². The minimum Gasteiger partial charge on any atom is -0.493 e. The van der Waals surface area contributed by atoms with Gasteiger partial charge in [0.1, 0.15) is 5.75 Å². The molecule has 0 bridgehead atoms. The van der Waals surface area contributed by atoms with Crippen molar-refractivity contribution < 1.29 is 9.47 Å². The Bertz CT molecular complexity index is 694. The Kier molecular flexibility index (Phi) is 7.29. The van der Waals surface area contributed by atoms with Crippen molar-refractivity contribution in [3.63, 3.8) is 0 Å². The van der Waals surface area contributed by atoms with Crippen LogP contribution in [-0.2, 0) is 11.3 Å². The largest absolute Gasteiger partial charge is 0.493 e. The van der Waals surface area contributed by atoms with Gasteiger partial charge in [0.05, 0.1) is 13.2 Å². The van der Waals surface area contributed by atoms with Gasteiger partial charge in [0.25, 0.3) is 0 Å². The van der Waals surface area contributed by atoms with Gasteiger partial charge in [0.15, 0.2) is 5.96 Å². The molecule has 0 fully saturated rings. The molecule has 5 heteroatoms. The number of hydrogen-bond donors (Lipinski definition) is 2. The van der Waals surface area contributed by atoms with Gasteiger partial charge in [-0.2, -0.15) is 0 Å². The molecule has 0 atom stereocenters. The number of nitrogens with one attached hydrogen (secondary N) is 1. The third kappa shape index (κ3) is 6.85. The van der Waals surface area contributed by atoms with Crippen LogP contribution in [-0.4, -0.2) is 26.3 Å². The van der Waals surface area contributed by atoms with Crippen molar-refractivity contribution in [2.45, 2.75) is 26.8 Å². The van der Waals surface area contributed by atoms with E-state index in [0.717, 1.165) is 23.4 Å².